The van der Waals surface area contributed by atoms with Crippen molar-refractivity contribution in [2.45, 2.75) is 214 Å². The quantitative estimate of drug-likeness (QED) is 0.0363. The minimum absolute atomic E-state index is 0.0701. The summed E-state index contributed by atoms with van der Waals surface area (Å²) < 4.78 is 17.2. The Morgan fingerprint density at radius 1 is 0.510 bits per heavy atom. The first-order chi connectivity index (χ1) is 24.1. The highest BCUT2D eigenvalue weighted by Gasteiger charge is 2.18. The van der Waals surface area contributed by atoms with Crippen LogP contribution in [0.15, 0.2) is 12.2 Å². The molecule has 0 aromatic carbocycles. The van der Waals surface area contributed by atoms with Gasteiger partial charge in [0, 0.05) is 19.4 Å². The van der Waals surface area contributed by atoms with Crippen LogP contribution in [0.5, 0.6) is 0 Å². The topological polar surface area (TPSA) is 65.1 Å². The predicted molar refractivity (Wildman–Crippen MR) is 209 cm³/mol. The van der Waals surface area contributed by atoms with Crippen molar-refractivity contribution >= 4 is 11.9 Å². The van der Waals surface area contributed by atoms with Gasteiger partial charge in [-0.25, -0.2) is 0 Å². The summed E-state index contributed by atoms with van der Waals surface area (Å²) in [5.74, 6) is -0.424. The van der Waals surface area contributed by atoms with E-state index in [1.54, 1.807) is 0 Å². The molecular weight excluding hydrogens is 610 g/mol. The van der Waals surface area contributed by atoms with Crippen LogP contribution in [0.2, 0.25) is 0 Å². The standard InChI is InChI=1S/C43H83NO5/c1-5-9-11-13-15-17-19-21-22-24-26-28-30-32-34-36-43(46)49-41(39-47-38-37-44(7-3)8-4)40-48-42(45)35-33-31-29-27-25-23-20-18-16-14-12-10-6-2/h21-22,41H,5-20,23-40H2,1-4H3/b22-21-. The largest absolute Gasteiger partial charge is 0.462 e. The average Bonchev–Trinajstić information content (AvgIpc) is 3.10. The zero-order chi connectivity index (χ0) is 35.9. The molecule has 0 aliphatic carbocycles. The molecule has 290 valence electrons. The Bertz CT molecular complexity index is 723. The fraction of sp³-hybridized carbons (Fsp3) is 0.907. The Labute approximate surface area is 305 Å². The van der Waals surface area contributed by atoms with Crippen LogP contribution < -0.4 is 0 Å². The molecule has 0 heterocycles. The number of hydrogen-bond acceptors (Lipinski definition) is 6. The molecule has 1 atom stereocenters. The number of likely N-dealkylation sites (N-methyl/N-ethyl adjacent to an activating group) is 1. The molecule has 0 spiro atoms. The Morgan fingerprint density at radius 3 is 1.37 bits per heavy atom. The predicted octanol–water partition coefficient (Wildman–Crippen LogP) is 12.3. The molecule has 0 saturated carbocycles. The molecule has 0 radical (unpaired) electrons. The van der Waals surface area contributed by atoms with Crippen LogP contribution in [0.1, 0.15) is 207 Å². The van der Waals surface area contributed by atoms with E-state index in [4.69, 9.17) is 14.2 Å². The van der Waals surface area contributed by atoms with Gasteiger partial charge in [0.05, 0.1) is 13.2 Å². The van der Waals surface area contributed by atoms with Crippen molar-refractivity contribution in [2.75, 3.05) is 39.5 Å². The third-order valence-corrected chi connectivity index (χ3v) is 9.61. The SMILES string of the molecule is CCCCCCCC/C=C\CCCCCCCC(=O)OC(COCCN(CC)CC)COC(=O)CCCCCCCCCCCCCCC. The number of ether oxygens (including phenoxy) is 3. The van der Waals surface area contributed by atoms with Gasteiger partial charge in [-0.2, -0.15) is 0 Å². The van der Waals surface area contributed by atoms with E-state index in [9.17, 15) is 9.59 Å². The van der Waals surface area contributed by atoms with E-state index in [1.807, 2.05) is 0 Å². The number of hydrogen-bond donors (Lipinski definition) is 0. The van der Waals surface area contributed by atoms with Crippen LogP contribution in [0, 0.1) is 0 Å². The first-order valence-electron chi connectivity index (χ1n) is 21.4. The second-order valence-electron chi connectivity index (χ2n) is 14.2. The zero-order valence-corrected chi connectivity index (χ0v) is 33.3. The van der Waals surface area contributed by atoms with E-state index in [1.165, 1.54) is 128 Å². The Morgan fingerprint density at radius 2 is 0.918 bits per heavy atom. The van der Waals surface area contributed by atoms with Gasteiger partial charge in [0.15, 0.2) is 6.10 Å². The molecule has 49 heavy (non-hydrogen) atoms. The van der Waals surface area contributed by atoms with Gasteiger partial charge < -0.3 is 19.1 Å². The fourth-order valence-corrected chi connectivity index (χ4v) is 6.19. The Kier molecular flexibility index (Phi) is 38.3. The van der Waals surface area contributed by atoms with Gasteiger partial charge in [-0.05, 0) is 51.6 Å². The van der Waals surface area contributed by atoms with Crippen molar-refractivity contribution in [3.8, 4) is 0 Å². The van der Waals surface area contributed by atoms with E-state index >= 15 is 0 Å². The minimum Gasteiger partial charge on any atom is -0.462 e. The number of esters is 2. The van der Waals surface area contributed by atoms with Crippen LogP contribution in [-0.2, 0) is 23.8 Å². The molecule has 0 N–H and O–H groups in total. The molecular formula is C43H83NO5. The highest BCUT2D eigenvalue weighted by Crippen LogP contribution is 2.14. The maximum absolute atomic E-state index is 12.6. The monoisotopic (exact) mass is 694 g/mol. The molecule has 0 aromatic rings. The van der Waals surface area contributed by atoms with Crippen molar-refractivity contribution in [3.05, 3.63) is 12.2 Å². The molecule has 0 bridgehead atoms. The maximum Gasteiger partial charge on any atom is 0.306 e. The lowest BCUT2D eigenvalue weighted by Crippen LogP contribution is -2.32. The molecule has 0 amide bonds. The van der Waals surface area contributed by atoms with Crippen molar-refractivity contribution in [2.24, 2.45) is 0 Å². The fourth-order valence-electron chi connectivity index (χ4n) is 6.19. The first-order valence-corrected chi connectivity index (χ1v) is 21.4. The van der Waals surface area contributed by atoms with E-state index in [2.05, 4.69) is 44.7 Å². The Balaban J connectivity index is 4.12. The van der Waals surface area contributed by atoms with Crippen molar-refractivity contribution < 1.29 is 23.8 Å². The van der Waals surface area contributed by atoms with E-state index in [0.29, 0.717) is 19.4 Å². The van der Waals surface area contributed by atoms with Crippen LogP contribution in [0.25, 0.3) is 0 Å². The van der Waals surface area contributed by atoms with Crippen LogP contribution in [0.3, 0.4) is 0 Å². The molecule has 6 nitrogen and oxygen atoms in total. The zero-order valence-electron chi connectivity index (χ0n) is 33.3. The molecule has 6 heteroatoms. The molecule has 0 aliphatic heterocycles. The number of allylic oxidation sites excluding steroid dienone is 2. The van der Waals surface area contributed by atoms with Crippen molar-refractivity contribution in [1.29, 1.82) is 0 Å². The molecule has 0 aliphatic rings. The van der Waals surface area contributed by atoms with Crippen LogP contribution in [0.4, 0.5) is 0 Å². The summed E-state index contributed by atoms with van der Waals surface area (Å²) in [4.78, 5) is 27.4. The molecule has 0 fully saturated rings. The molecule has 0 aromatic heterocycles. The number of carbonyl (C=O) groups is 2. The summed E-state index contributed by atoms with van der Waals surface area (Å²) in [6.07, 6.45) is 37.6. The van der Waals surface area contributed by atoms with Gasteiger partial charge in [-0.15, -0.1) is 0 Å². The molecule has 0 rings (SSSR count). The number of carbonyl (C=O) groups excluding carboxylic acids is 2. The summed E-state index contributed by atoms with van der Waals surface area (Å²) in [5.41, 5.74) is 0. The first kappa shape index (κ1) is 47.6. The summed E-state index contributed by atoms with van der Waals surface area (Å²) in [6, 6.07) is 0. The van der Waals surface area contributed by atoms with Gasteiger partial charge >= 0.3 is 11.9 Å². The third kappa shape index (κ3) is 36.2. The Hall–Kier alpha value is -1.40. The van der Waals surface area contributed by atoms with Crippen LogP contribution >= 0.6 is 0 Å². The van der Waals surface area contributed by atoms with Gasteiger partial charge in [0.2, 0.25) is 0 Å². The maximum atomic E-state index is 12.6. The highest BCUT2D eigenvalue weighted by atomic mass is 16.6. The second kappa shape index (κ2) is 39.4. The normalized spacial score (nSPS) is 12.3. The molecule has 0 saturated heterocycles. The van der Waals surface area contributed by atoms with E-state index in [-0.39, 0.29) is 25.2 Å². The van der Waals surface area contributed by atoms with Crippen molar-refractivity contribution in [3.63, 3.8) is 0 Å². The van der Waals surface area contributed by atoms with Gasteiger partial charge in [0.1, 0.15) is 6.61 Å². The number of unbranched alkanes of at least 4 members (excludes halogenated alkanes) is 23. The third-order valence-electron chi connectivity index (χ3n) is 9.61. The molecule has 1 unspecified atom stereocenters. The lowest BCUT2D eigenvalue weighted by atomic mass is 10.0. The average molecular weight is 694 g/mol. The van der Waals surface area contributed by atoms with Gasteiger partial charge in [-0.3, -0.25) is 9.59 Å². The van der Waals surface area contributed by atoms with Gasteiger partial charge in [-0.1, -0.05) is 168 Å². The summed E-state index contributed by atoms with van der Waals surface area (Å²) in [7, 11) is 0. The summed E-state index contributed by atoms with van der Waals surface area (Å²) in [6.45, 7) is 12.5. The van der Waals surface area contributed by atoms with E-state index < -0.39 is 6.10 Å². The lowest BCUT2D eigenvalue weighted by Gasteiger charge is -2.21. The summed E-state index contributed by atoms with van der Waals surface area (Å²) >= 11 is 0. The lowest BCUT2D eigenvalue weighted by molar-refractivity contribution is -0.163. The number of nitrogens with zero attached hydrogens (tertiary/aromatic N) is 1. The minimum atomic E-state index is -0.553. The van der Waals surface area contributed by atoms with E-state index in [0.717, 1.165) is 58.2 Å². The number of rotatable bonds is 39. The summed E-state index contributed by atoms with van der Waals surface area (Å²) in [5, 5.41) is 0. The van der Waals surface area contributed by atoms with Crippen molar-refractivity contribution in [1.82, 2.24) is 4.90 Å². The smallest absolute Gasteiger partial charge is 0.306 e. The highest BCUT2D eigenvalue weighted by molar-refractivity contribution is 5.70. The second-order valence-corrected chi connectivity index (χ2v) is 14.2. The van der Waals surface area contributed by atoms with Crippen LogP contribution in [-0.4, -0.2) is 62.4 Å². The van der Waals surface area contributed by atoms with Gasteiger partial charge in [0.25, 0.3) is 0 Å².